The second-order valence-corrected chi connectivity index (χ2v) is 5.02. The summed E-state index contributed by atoms with van der Waals surface area (Å²) in [6.45, 7) is 4.38. The molecule has 0 unspecified atom stereocenters. The highest BCUT2D eigenvalue weighted by atomic mass is 16.5. The highest BCUT2D eigenvalue weighted by Gasteiger charge is 2.04. The summed E-state index contributed by atoms with van der Waals surface area (Å²) in [5.41, 5.74) is 9.48. The second-order valence-electron chi connectivity index (χ2n) is 5.02. The number of ether oxygens (including phenoxy) is 1. The van der Waals surface area contributed by atoms with Gasteiger partial charge in [0.15, 0.2) is 0 Å². The van der Waals surface area contributed by atoms with Crippen LogP contribution in [-0.4, -0.2) is 12.5 Å². The monoisotopic (exact) mass is 284 g/mol. The number of nitrogens with two attached hydrogens (primary N) is 1. The quantitative estimate of drug-likeness (QED) is 0.828. The minimum absolute atomic E-state index is 0.0674. The lowest BCUT2D eigenvalue weighted by atomic mass is 10.1. The molecule has 0 aromatic heterocycles. The van der Waals surface area contributed by atoms with Gasteiger partial charge in [-0.05, 0) is 49.2 Å². The number of nitrogen functional groups attached to an aromatic ring is 1. The van der Waals surface area contributed by atoms with E-state index in [1.165, 1.54) is 5.56 Å². The Morgan fingerprint density at radius 2 is 1.95 bits per heavy atom. The van der Waals surface area contributed by atoms with Gasteiger partial charge < -0.3 is 15.8 Å². The highest BCUT2D eigenvalue weighted by Crippen LogP contribution is 2.16. The van der Waals surface area contributed by atoms with Crippen LogP contribution >= 0.6 is 0 Å². The third-order valence-corrected chi connectivity index (χ3v) is 3.25. The molecule has 0 saturated carbocycles. The van der Waals surface area contributed by atoms with Gasteiger partial charge in [-0.2, -0.15) is 0 Å². The van der Waals surface area contributed by atoms with Crippen molar-refractivity contribution in [3.05, 3.63) is 53.6 Å². The number of hydrogen-bond acceptors (Lipinski definition) is 3. The number of amides is 1. The maximum absolute atomic E-state index is 11.9. The van der Waals surface area contributed by atoms with Gasteiger partial charge in [0.1, 0.15) is 5.75 Å². The molecule has 3 N–H and O–H groups in total. The fourth-order valence-corrected chi connectivity index (χ4v) is 1.91. The molecule has 0 heterocycles. The lowest BCUT2D eigenvalue weighted by Crippen LogP contribution is -2.15. The van der Waals surface area contributed by atoms with E-state index in [0.717, 1.165) is 11.3 Å². The first-order valence-corrected chi connectivity index (χ1v) is 6.90. The number of aryl methyl sites for hydroxylation is 2. The molecule has 2 aromatic rings. The molecule has 0 atom stereocenters. The van der Waals surface area contributed by atoms with Crippen molar-refractivity contribution < 1.29 is 9.53 Å². The number of benzene rings is 2. The van der Waals surface area contributed by atoms with Crippen molar-refractivity contribution in [2.24, 2.45) is 0 Å². The number of carbonyl (C=O) groups excluding carboxylic acids is 1. The summed E-state index contributed by atoms with van der Waals surface area (Å²) < 4.78 is 5.50. The third-order valence-electron chi connectivity index (χ3n) is 3.25. The van der Waals surface area contributed by atoms with Crippen molar-refractivity contribution in [2.45, 2.75) is 20.3 Å². The van der Waals surface area contributed by atoms with E-state index in [4.69, 9.17) is 10.5 Å². The Kier molecular flexibility index (Phi) is 4.82. The van der Waals surface area contributed by atoms with Gasteiger partial charge in [-0.25, -0.2) is 0 Å². The first kappa shape index (κ1) is 14.9. The van der Waals surface area contributed by atoms with Crippen molar-refractivity contribution in [1.29, 1.82) is 0 Å². The normalized spacial score (nSPS) is 10.2. The fourth-order valence-electron chi connectivity index (χ4n) is 1.91. The van der Waals surface area contributed by atoms with Gasteiger partial charge in [-0.1, -0.05) is 12.1 Å². The average Bonchev–Trinajstić information content (AvgIpc) is 2.43. The van der Waals surface area contributed by atoms with Gasteiger partial charge in [-0.3, -0.25) is 4.79 Å². The van der Waals surface area contributed by atoms with E-state index in [1.807, 2.05) is 44.2 Å². The van der Waals surface area contributed by atoms with E-state index in [9.17, 15) is 4.79 Å². The van der Waals surface area contributed by atoms with Crippen molar-refractivity contribution in [2.75, 3.05) is 17.7 Å². The van der Waals surface area contributed by atoms with Gasteiger partial charge in [0.05, 0.1) is 13.0 Å². The van der Waals surface area contributed by atoms with Crippen LogP contribution in [0.5, 0.6) is 5.75 Å². The molecule has 2 rings (SSSR count). The van der Waals surface area contributed by atoms with Crippen LogP contribution in [0, 0.1) is 13.8 Å². The number of hydrogen-bond donors (Lipinski definition) is 2. The van der Waals surface area contributed by atoms with Crippen molar-refractivity contribution >= 4 is 17.3 Å². The molecular formula is C17H20N2O2. The maximum Gasteiger partial charge on any atom is 0.227 e. The van der Waals surface area contributed by atoms with Gasteiger partial charge in [0.2, 0.25) is 5.91 Å². The van der Waals surface area contributed by atoms with E-state index in [0.29, 0.717) is 24.5 Å². The van der Waals surface area contributed by atoms with Gasteiger partial charge in [-0.15, -0.1) is 0 Å². The van der Waals surface area contributed by atoms with Gasteiger partial charge in [0.25, 0.3) is 0 Å². The highest BCUT2D eigenvalue weighted by molar-refractivity contribution is 5.90. The van der Waals surface area contributed by atoms with E-state index in [1.54, 1.807) is 12.1 Å². The summed E-state index contributed by atoms with van der Waals surface area (Å²) in [7, 11) is 0. The molecule has 0 aliphatic carbocycles. The summed E-state index contributed by atoms with van der Waals surface area (Å²) in [5, 5.41) is 2.86. The second kappa shape index (κ2) is 6.79. The Balaban J connectivity index is 1.81. The number of rotatable bonds is 5. The van der Waals surface area contributed by atoms with Crippen LogP contribution in [0.3, 0.4) is 0 Å². The minimum Gasteiger partial charge on any atom is -0.493 e. The summed E-state index contributed by atoms with van der Waals surface area (Å²) in [4.78, 5) is 11.9. The third kappa shape index (κ3) is 4.53. The Labute approximate surface area is 124 Å². The molecule has 0 bridgehead atoms. The molecule has 110 valence electrons. The maximum atomic E-state index is 11.9. The van der Waals surface area contributed by atoms with Gasteiger partial charge >= 0.3 is 0 Å². The van der Waals surface area contributed by atoms with Crippen LogP contribution in [0.25, 0.3) is 0 Å². The molecular weight excluding hydrogens is 264 g/mol. The van der Waals surface area contributed by atoms with E-state index >= 15 is 0 Å². The summed E-state index contributed by atoms with van der Waals surface area (Å²) in [6, 6.07) is 13.0. The van der Waals surface area contributed by atoms with Crippen molar-refractivity contribution in [1.82, 2.24) is 0 Å². The lowest BCUT2D eigenvalue weighted by Gasteiger charge is -2.09. The standard InChI is InChI=1S/C17H20N2O2/c1-12-6-7-15(10-13(12)2)19-17(20)8-9-21-16-5-3-4-14(18)11-16/h3-7,10-11H,8-9,18H2,1-2H3,(H,19,20). The predicted octanol–water partition coefficient (Wildman–Crippen LogP) is 3.29. The minimum atomic E-state index is -0.0674. The molecule has 4 nitrogen and oxygen atoms in total. The van der Waals surface area contributed by atoms with Crippen molar-refractivity contribution in [3.63, 3.8) is 0 Å². The molecule has 0 aliphatic heterocycles. The van der Waals surface area contributed by atoms with E-state index in [2.05, 4.69) is 5.32 Å². The Hall–Kier alpha value is -2.49. The number of carbonyl (C=O) groups is 1. The van der Waals surface area contributed by atoms with Crippen LogP contribution in [0.2, 0.25) is 0 Å². The van der Waals surface area contributed by atoms with Crippen LogP contribution in [0.1, 0.15) is 17.5 Å². The average molecular weight is 284 g/mol. The zero-order valence-electron chi connectivity index (χ0n) is 12.3. The van der Waals surface area contributed by atoms with Crippen molar-refractivity contribution in [3.8, 4) is 5.75 Å². The van der Waals surface area contributed by atoms with Crippen LogP contribution in [0.4, 0.5) is 11.4 Å². The molecule has 4 heteroatoms. The zero-order valence-corrected chi connectivity index (χ0v) is 12.3. The van der Waals surface area contributed by atoms with Gasteiger partial charge in [0, 0.05) is 17.4 Å². The summed E-state index contributed by atoms with van der Waals surface area (Å²) >= 11 is 0. The molecule has 0 saturated heterocycles. The molecule has 0 aliphatic rings. The van der Waals surface area contributed by atoms with E-state index < -0.39 is 0 Å². The van der Waals surface area contributed by atoms with Crippen LogP contribution in [-0.2, 0) is 4.79 Å². The summed E-state index contributed by atoms with van der Waals surface area (Å²) in [5.74, 6) is 0.608. The molecule has 0 radical (unpaired) electrons. The zero-order chi connectivity index (χ0) is 15.2. The van der Waals surface area contributed by atoms with E-state index in [-0.39, 0.29) is 5.91 Å². The molecule has 21 heavy (non-hydrogen) atoms. The Morgan fingerprint density at radius 3 is 2.67 bits per heavy atom. The molecule has 1 amide bonds. The summed E-state index contributed by atoms with van der Waals surface area (Å²) in [6.07, 6.45) is 0.293. The first-order chi connectivity index (χ1) is 10.0. The Bertz CT molecular complexity index is 638. The topological polar surface area (TPSA) is 64.3 Å². The van der Waals surface area contributed by atoms with Crippen LogP contribution < -0.4 is 15.8 Å². The smallest absolute Gasteiger partial charge is 0.227 e. The molecule has 2 aromatic carbocycles. The number of anilines is 2. The van der Waals surface area contributed by atoms with Crippen LogP contribution in [0.15, 0.2) is 42.5 Å². The largest absolute Gasteiger partial charge is 0.493 e. The Morgan fingerprint density at radius 1 is 1.14 bits per heavy atom. The fraction of sp³-hybridized carbons (Fsp3) is 0.235. The first-order valence-electron chi connectivity index (χ1n) is 6.90. The SMILES string of the molecule is Cc1ccc(NC(=O)CCOc2cccc(N)c2)cc1C. The number of nitrogens with one attached hydrogen (secondary N) is 1. The molecule has 0 spiro atoms. The lowest BCUT2D eigenvalue weighted by molar-refractivity contribution is -0.116. The molecule has 0 fully saturated rings. The predicted molar refractivity (Wildman–Crippen MR) is 85.5 cm³/mol.